The highest BCUT2D eigenvalue weighted by Crippen LogP contribution is 2.12. The minimum Gasteiger partial charge on any atom is -0.294 e. The van der Waals surface area contributed by atoms with Crippen molar-refractivity contribution in [3.05, 3.63) is 59.4 Å². The Balaban J connectivity index is 2.12. The molecule has 0 radical (unpaired) electrons. The molecule has 0 unspecified atom stereocenters. The lowest BCUT2D eigenvalue weighted by molar-refractivity contribution is 0.0992. The zero-order valence-electron chi connectivity index (χ0n) is 12.0. The Morgan fingerprint density at radius 2 is 1.76 bits per heavy atom. The highest BCUT2D eigenvalue weighted by atomic mass is 32.2. The lowest BCUT2D eigenvalue weighted by Crippen LogP contribution is -2.06. The molecule has 0 saturated carbocycles. The molecule has 5 heteroatoms. The quantitative estimate of drug-likeness (QED) is 0.796. The Morgan fingerprint density at radius 3 is 2.24 bits per heavy atom. The summed E-state index contributed by atoms with van der Waals surface area (Å²) < 4.78 is 22.7. The van der Waals surface area contributed by atoms with Gasteiger partial charge in [-0.05, 0) is 30.2 Å². The number of benzene rings is 1. The molecule has 0 fully saturated rings. The zero-order valence-corrected chi connectivity index (χ0v) is 12.9. The largest absolute Gasteiger partial charge is 0.294 e. The van der Waals surface area contributed by atoms with E-state index in [1.165, 1.54) is 12.1 Å². The monoisotopic (exact) mass is 303 g/mol. The van der Waals surface area contributed by atoms with Gasteiger partial charge in [-0.15, -0.1) is 0 Å². The van der Waals surface area contributed by atoms with Crippen molar-refractivity contribution in [1.82, 2.24) is 4.98 Å². The van der Waals surface area contributed by atoms with Crippen LogP contribution in [0.1, 0.15) is 28.5 Å². The van der Waals surface area contributed by atoms with Gasteiger partial charge in [0, 0.05) is 23.7 Å². The molecule has 2 rings (SSSR count). The minimum absolute atomic E-state index is 0.0770. The van der Waals surface area contributed by atoms with E-state index in [9.17, 15) is 13.2 Å². The number of ketones is 1. The standard InChI is InChI=1S/C16H17NO3S/c1-3-12-4-7-14(17-11-12)10-16(18)13-5-8-15(9-6-13)21(2,19)20/h4-9,11H,3,10H2,1-2H3. The molecule has 4 nitrogen and oxygen atoms in total. The van der Waals surface area contributed by atoms with Crippen molar-refractivity contribution < 1.29 is 13.2 Å². The van der Waals surface area contributed by atoms with Crippen LogP contribution in [-0.4, -0.2) is 25.4 Å². The van der Waals surface area contributed by atoms with E-state index in [2.05, 4.69) is 4.98 Å². The van der Waals surface area contributed by atoms with Crippen molar-refractivity contribution in [2.45, 2.75) is 24.7 Å². The maximum absolute atomic E-state index is 12.1. The number of sulfone groups is 1. The van der Waals surface area contributed by atoms with Crippen LogP contribution in [0.25, 0.3) is 0 Å². The normalized spacial score (nSPS) is 11.3. The highest BCUT2D eigenvalue weighted by Gasteiger charge is 2.11. The van der Waals surface area contributed by atoms with Gasteiger partial charge in [-0.1, -0.05) is 25.1 Å². The number of pyridine rings is 1. The fraction of sp³-hybridized carbons (Fsp3) is 0.250. The summed E-state index contributed by atoms with van der Waals surface area (Å²) in [7, 11) is -3.24. The third-order valence-corrected chi connectivity index (χ3v) is 4.37. The number of carbonyl (C=O) groups excluding carboxylic acids is 1. The van der Waals surface area contributed by atoms with E-state index in [4.69, 9.17) is 0 Å². The molecule has 0 N–H and O–H groups in total. The van der Waals surface area contributed by atoms with Gasteiger partial charge < -0.3 is 0 Å². The van der Waals surface area contributed by atoms with Gasteiger partial charge in [0.05, 0.1) is 11.3 Å². The number of nitrogens with zero attached hydrogens (tertiary/aromatic N) is 1. The van der Waals surface area contributed by atoms with E-state index in [-0.39, 0.29) is 17.1 Å². The number of Topliss-reactive ketones (excluding diaryl/α,β-unsaturated/α-hetero) is 1. The fourth-order valence-corrected chi connectivity index (χ4v) is 2.55. The van der Waals surface area contributed by atoms with Crippen LogP contribution in [0, 0.1) is 0 Å². The van der Waals surface area contributed by atoms with Crippen molar-refractivity contribution in [3.63, 3.8) is 0 Å². The molecule has 21 heavy (non-hydrogen) atoms. The Hall–Kier alpha value is -2.01. The van der Waals surface area contributed by atoms with Crippen LogP contribution in [0.3, 0.4) is 0 Å². The van der Waals surface area contributed by atoms with Crippen molar-refractivity contribution >= 4 is 15.6 Å². The summed E-state index contributed by atoms with van der Waals surface area (Å²) in [6.07, 6.45) is 4.04. The van der Waals surface area contributed by atoms with Crippen molar-refractivity contribution in [1.29, 1.82) is 0 Å². The molecule has 1 aromatic heterocycles. The van der Waals surface area contributed by atoms with Crippen molar-refractivity contribution in [2.75, 3.05) is 6.26 Å². The molecule has 0 atom stereocenters. The second-order valence-corrected chi connectivity index (χ2v) is 6.92. The molecule has 0 aliphatic heterocycles. The van der Waals surface area contributed by atoms with Gasteiger partial charge in [0.25, 0.3) is 0 Å². The number of hydrogen-bond acceptors (Lipinski definition) is 4. The van der Waals surface area contributed by atoms with Crippen LogP contribution in [0.15, 0.2) is 47.5 Å². The van der Waals surface area contributed by atoms with E-state index in [0.717, 1.165) is 18.2 Å². The summed E-state index contributed by atoms with van der Waals surface area (Å²) in [6.45, 7) is 2.05. The van der Waals surface area contributed by atoms with Gasteiger partial charge in [0.15, 0.2) is 15.6 Å². The predicted molar refractivity (Wildman–Crippen MR) is 81.2 cm³/mol. The molecule has 0 aliphatic rings. The average Bonchev–Trinajstić information content (AvgIpc) is 2.47. The first kappa shape index (κ1) is 15.4. The molecular weight excluding hydrogens is 286 g/mol. The summed E-state index contributed by atoms with van der Waals surface area (Å²) in [5, 5.41) is 0. The van der Waals surface area contributed by atoms with Crippen LogP contribution in [-0.2, 0) is 22.7 Å². The van der Waals surface area contributed by atoms with E-state index >= 15 is 0 Å². The summed E-state index contributed by atoms with van der Waals surface area (Å²) in [5.41, 5.74) is 2.33. The second-order valence-electron chi connectivity index (χ2n) is 4.91. The SMILES string of the molecule is CCc1ccc(CC(=O)c2ccc(S(C)(=O)=O)cc2)nc1. The third-order valence-electron chi connectivity index (χ3n) is 3.24. The molecule has 110 valence electrons. The number of rotatable bonds is 5. The van der Waals surface area contributed by atoms with E-state index in [1.807, 2.05) is 19.1 Å². The Labute approximate surface area is 124 Å². The van der Waals surface area contributed by atoms with Crippen LogP contribution < -0.4 is 0 Å². The lowest BCUT2D eigenvalue weighted by Gasteiger charge is -2.03. The first-order chi connectivity index (χ1) is 9.90. The van der Waals surface area contributed by atoms with Crippen LogP contribution in [0.2, 0.25) is 0 Å². The number of carbonyl (C=O) groups is 1. The molecule has 1 aromatic carbocycles. The maximum Gasteiger partial charge on any atom is 0.175 e. The zero-order chi connectivity index (χ0) is 15.5. The third kappa shape index (κ3) is 3.98. The van der Waals surface area contributed by atoms with E-state index in [1.54, 1.807) is 18.3 Å². The molecule has 1 heterocycles. The molecule has 0 amide bonds. The average molecular weight is 303 g/mol. The van der Waals surface area contributed by atoms with Gasteiger partial charge in [-0.2, -0.15) is 0 Å². The first-order valence-corrected chi connectivity index (χ1v) is 8.56. The number of aromatic nitrogens is 1. The fourth-order valence-electron chi connectivity index (χ4n) is 1.92. The number of hydrogen-bond donors (Lipinski definition) is 0. The minimum atomic E-state index is -3.24. The van der Waals surface area contributed by atoms with E-state index < -0.39 is 9.84 Å². The summed E-state index contributed by atoms with van der Waals surface area (Å²) in [6, 6.07) is 9.80. The smallest absolute Gasteiger partial charge is 0.175 e. The predicted octanol–water partition coefficient (Wildman–Crippen LogP) is 2.47. The first-order valence-electron chi connectivity index (χ1n) is 6.67. The van der Waals surface area contributed by atoms with Crippen LogP contribution in [0.5, 0.6) is 0 Å². The molecule has 2 aromatic rings. The van der Waals surface area contributed by atoms with E-state index in [0.29, 0.717) is 11.3 Å². The van der Waals surface area contributed by atoms with Crippen molar-refractivity contribution in [2.24, 2.45) is 0 Å². The Morgan fingerprint density at radius 1 is 1.10 bits per heavy atom. The molecule has 0 spiro atoms. The lowest BCUT2D eigenvalue weighted by atomic mass is 10.1. The van der Waals surface area contributed by atoms with Crippen molar-refractivity contribution in [3.8, 4) is 0 Å². The number of aryl methyl sites for hydroxylation is 1. The second kappa shape index (κ2) is 6.18. The van der Waals surface area contributed by atoms with Gasteiger partial charge in [-0.25, -0.2) is 8.42 Å². The molecular formula is C16H17NO3S. The summed E-state index contributed by atoms with van der Waals surface area (Å²) in [4.78, 5) is 16.6. The van der Waals surface area contributed by atoms with Gasteiger partial charge in [0.2, 0.25) is 0 Å². The van der Waals surface area contributed by atoms with Gasteiger partial charge in [-0.3, -0.25) is 9.78 Å². The highest BCUT2D eigenvalue weighted by molar-refractivity contribution is 7.90. The summed E-state index contributed by atoms with van der Waals surface area (Å²) >= 11 is 0. The van der Waals surface area contributed by atoms with Crippen LogP contribution >= 0.6 is 0 Å². The topological polar surface area (TPSA) is 64.1 Å². The summed E-state index contributed by atoms with van der Waals surface area (Å²) in [5.74, 6) is -0.0770. The molecule has 0 aliphatic carbocycles. The van der Waals surface area contributed by atoms with Gasteiger partial charge >= 0.3 is 0 Å². The van der Waals surface area contributed by atoms with Crippen LogP contribution in [0.4, 0.5) is 0 Å². The Kier molecular flexibility index (Phi) is 4.53. The molecule has 0 bridgehead atoms. The maximum atomic E-state index is 12.1. The Bertz CT molecular complexity index is 732. The van der Waals surface area contributed by atoms with Gasteiger partial charge in [0.1, 0.15) is 0 Å². The molecule has 0 saturated heterocycles.